The third kappa shape index (κ3) is 4.82. The van der Waals surface area contributed by atoms with Crippen LogP contribution in [0.1, 0.15) is 27.2 Å². The number of hydrogen-bond donors (Lipinski definition) is 0. The van der Waals surface area contributed by atoms with Crippen molar-refractivity contribution in [2.24, 2.45) is 5.92 Å². The summed E-state index contributed by atoms with van der Waals surface area (Å²) in [4.78, 5) is 0. The first-order valence-electron chi connectivity index (χ1n) is 7.52. The molecule has 0 bridgehead atoms. The van der Waals surface area contributed by atoms with Gasteiger partial charge in [-0.05, 0) is 47.4 Å². The van der Waals surface area contributed by atoms with E-state index in [0.717, 1.165) is 35.3 Å². The van der Waals surface area contributed by atoms with E-state index < -0.39 is 0 Å². The summed E-state index contributed by atoms with van der Waals surface area (Å²) in [5.41, 5.74) is 0. The third-order valence-corrected chi connectivity index (χ3v) is 3.67. The molecule has 0 fully saturated rings. The molecule has 0 N–H and O–H groups in total. The Kier molecular flexibility index (Phi) is 5.75. The molecule has 21 heavy (non-hydrogen) atoms. The Morgan fingerprint density at radius 1 is 0.905 bits per heavy atom. The monoisotopic (exact) mass is 306 g/mol. The van der Waals surface area contributed by atoms with Crippen LogP contribution in [0.15, 0.2) is 36.4 Å². The van der Waals surface area contributed by atoms with Crippen LogP contribution in [0.3, 0.4) is 0 Å². The molecule has 114 valence electrons. The van der Waals surface area contributed by atoms with E-state index in [2.05, 4.69) is 39.0 Å². The highest BCUT2D eigenvalue weighted by atomic mass is 35.5. The molecule has 1 atom stereocenters. The van der Waals surface area contributed by atoms with Crippen LogP contribution in [0.25, 0.3) is 10.8 Å². The summed E-state index contributed by atoms with van der Waals surface area (Å²) in [6.45, 7) is 7.62. The van der Waals surface area contributed by atoms with Gasteiger partial charge in [-0.15, -0.1) is 11.6 Å². The highest BCUT2D eigenvalue weighted by Crippen LogP contribution is 2.25. The molecule has 0 aromatic heterocycles. The molecule has 0 aliphatic rings. The number of rotatable bonds is 7. The van der Waals surface area contributed by atoms with Gasteiger partial charge in [-0.3, -0.25) is 0 Å². The predicted molar refractivity (Wildman–Crippen MR) is 89.7 cm³/mol. The zero-order valence-corrected chi connectivity index (χ0v) is 13.7. The van der Waals surface area contributed by atoms with Crippen LogP contribution < -0.4 is 9.47 Å². The Morgan fingerprint density at radius 3 is 1.90 bits per heavy atom. The first-order chi connectivity index (χ1) is 10.1. The maximum absolute atomic E-state index is 6.07. The SMILES string of the molecule is CCC(Cl)COc1ccc2cc(OCC(C)C)ccc2c1. The smallest absolute Gasteiger partial charge is 0.120 e. The fourth-order valence-corrected chi connectivity index (χ4v) is 2.01. The minimum Gasteiger partial charge on any atom is -0.493 e. The maximum atomic E-state index is 6.07. The van der Waals surface area contributed by atoms with Crippen molar-refractivity contribution in [1.82, 2.24) is 0 Å². The largest absolute Gasteiger partial charge is 0.493 e. The Hall–Kier alpha value is -1.41. The molecule has 0 heterocycles. The molecule has 3 heteroatoms. The second-order valence-corrected chi connectivity index (χ2v) is 6.31. The molecule has 2 aromatic carbocycles. The van der Waals surface area contributed by atoms with Gasteiger partial charge in [0.1, 0.15) is 18.1 Å². The number of ether oxygens (including phenoxy) is 2. The fourth-order valence-electron chi connectivity index (χ4n) is 1.95. The van der Waals surface area contributed by atoms with E-state index in [0.29, 0.717) is 12.5 Å². The second kappa shape index (κ2) is 7.56. The highest BCUT2D eigenvalue weighted by molar-refractivity contribution is 6.20. The van der Waals surface area contributed by atoms with Crippen molar-refractivity contribution in [3.05, 3.63) is 36.4 Å². The number of halogens is 1. The summed E-state index contributed by atoms with van der Waals surface area (Å²) >= 11 is 6.07. The van der Waals surface area contributed by atoms with E-state index in [4.69, 9.17) is 21.1 Å². The van der Waals surface area contributed by atoms with Crippen molar-refractivity contribution in [2.45, 2.75) is 32.6 Å². The van der Waals surface area contributed by atoms with E-state index in [1.54, 1.807) is 0 Å². The molecule has 2 rings (SSSR count). The van der Waals surface area contributed by atoms with E-state index in [1.165, 1.54) is 0 Å². The molecule has 0 saturated carbocycles. The third-order valence-electron chi connectivity index (χ3n) is 3.24. The molecule has 0 amide bonds. The average Bonchev–Trinajstić information content (AvgIpc) is 2.50. The van der Waals surface area contributed by atoms with Crippen molar-refractivity contribution >= 4 is 22.4 Å². The highest BCUT2D eigenvalue weighted by Gasteiger charge is 2.04. The van der Waals surface area contributed by atoms with Crippen LogP contribution in [0.4, 0.5) is 0 Å². The quantitative estimate of drug-likeness (QED) is 0.649. The molecule has 0 radical (unpaired) electrons. The van der Waals surface area contributed by atoms with Crippen molar-refractivity contribution in [1.29, 1.82) is 0 Å². The first-order valence-corrected chi connectivity index (χ1v) is 7.95. The molecule has 2 aromatic rings. The second-order valence-electron chi connectivity index (χ2n) is 5.69. The summed E-state index contributed by atoms with van der Waals surface area (Å²) in [5.74, 6) is 2.30. The fraction of sp³-hybridized carbons (Fsp3) is 0.444. The van der Waals surface area contributed by atoms with Crippen molar-refractivity contribution < 1.29 is 9.47 Å². The van der Waals surface area contributed by atoms with Gasteiger partial charge in [0.25, 0.3) is 0 Å². The number of fused-ring (bicyclic) bond motifs is 1. The van der Waals surface area contributed by atoms with E-state index in [9.17, 15) is 0 Å². The maximum Gasteiger partial charge on any atom is 0.120 e. The van der Waals surface area contributed by atoms with Gasteiger partial charge in [0, 0.05) is 0 Å². The van der Waals surface area contributed by atoms with E-state index >= 15 is 0 Å². The zero-order valence-electron chi connectivity index (χ0n) is 12.9. The average molecular weight is 307 g/mol. The van der Waals surface area contributed by atoms with Crippen molar-refractivity contribution in [3.8, 4) is 11.5 Å². The molecule has 0 aliphatic carbocycles. The molecular formula is C18H23ClO2. The summed E-state index contributed by atoms with van der Waals surface area (Å²) in [7, 11) is 0. The van der Waals surface area contributed by atoms with Gasteiger partial charge in [0.05, 0.1) is 12.0 Å². The van der Waals surface area contributed by atoms with Crippen LogP contribution in [0.5, 0.6) is 11.5 Å². The lowest BCUT2D eigenvalue weighted by molar-refractivity contribution is 0.271. The minimum absolute atomic E-state index is 0.0625. The first kappa shape index (κ1) is 16.0. The number of hydrogen-bond acceptors (Lipinski definition) is 2. The topological polar surface area (TPSA) is 18.5 Å². The Bertz CT molecular complexity index is 580. The molecule has 2 nitrogen and oxygen atoms in total. The Balaban J connectivity index is 2.08. The molecule has 0 aliphatic heterocycles. The molecule has 0 spiro atoms. The summed E-state index contributed by atoms with van der Waals surface area (Å²) < 4.78 is 11.5. The summed E-state index contributed by atoms with van der Waals surface area (Å²) in [6, 6.07) is 12.2. The summed E-state index contributed by atoms with van der Waals surface area (Å²) in [6.07, 6.45) is 0.908. The predicted octanol–water partition coefficient (Wildman–Crippen LogP) is 5.27. The summed E-state index contributed by atoms with van der Waals surface area (Å²) in [5, 5.41) is 2.36. The number of alkyl halides is 1. The van der Waals surface area contributed by atoms with Gasteiger partial charge >= 0.3 is 0 Å². The lowest BCUT2D eigenvalue weighted by Gasteiger charge is -2.12. The van der Waals surface area contributed by atoms with Crippen molar-refractivity contribution in [3.63, 3.8) is 0 Å². The van der Waals surface area contributed by atoms with Crippen LogP contribution in [0, 0.1) is 5.92 Å². The lowest BCUT2D eigenvalue weighted by atomic mass is 10.1. The zero-order chi connectivity index (χ0) is 15.2. The molecular weight excluding hydrogens is 284 g/mol. The standard InChI is InChI=1S/C18H23ClO2/c1-4-16(19)12-21-18-8-6-14-9-17(20-11-13(2)3)7-5-15(14)10-18/h5-10,13,16H,4,11-12H2,1-3H3. The van der Waals surface area contributed by atoms with Gasteiger partial charge in [0.2, 0.25) is 0 Å². The van der Waals surface area contributed by atoms with Crippen LogP contribution in [-0.2, 0) is 0 Å². The van der Waals surface area contributed by atoms with Crippen LogP contribution >= 0.6 is 11.6 Å². The number of benzene rings is 2. The van der Waals surface area contributed by atoms with Gasteiger partial charge in [-0.2, -0.15) is 0 Å². The Morgan fingerprint density at radius 2 is 1.43 bits per heavy atom. The Labute approximate surface area is 132 Å². The van der Waals surface area contributed by atoms with Gasteiger partial charge < -0.3 is 9.47 Å². The van der Waals surface area contributed by atoms with Crippen LogP contribution in [0.2, 0.25) is 0 Å². The minimum atomic E-state index is 0.0625. The molecule has 1 unspecified atom stereocenters. The normalized spacial score (nSPS) is 12.6. The van der Waals surface area contributed by atoms with E-state index in [1.807, 2.05) is 18.2 Å². The van der Waals surface area contributed by atoms with Gasteiger partial charge in [-0.1, -0.05) is 32.9 Å². The van der Waals surface area contributed by atoms with Crippen molar-refractivity contribution in [2.75, 3.05) is 13.2 Å². The van der Waals surface area contributed by atoms with Gasteiger partial charge in [-0.25, -0.2) is 0 Å². The van der Waals surface area contributed by atoms with Crippen LogP contribution in [-0.4, -0.2) is 18.6 Å². The lowest BCUT2D eigenvalue weighted by Crippen LogP contribution is -2.10. The molecule has 0 saturated heterocycles. The van der Waals surface area contributed by atoms with E-state index in [-0.39, 0.29) is 5.38 Å². The van der Waals surface area contributed by atoms with Gasteiger partial charge in [0.15, 0.2) is 0 Å².